The number of rotatable bonds is 4. The van der Waals surface area contributed by atoms with E-state index in [0.29, 0.717) is 46.3 Å². The van der Waals surface area contributed by atoms with Gasteiger partial charge >= 0.3 is 0 Å². The second kappa shape index (κ2) is 7.05. The van der Waals surface area contributed by atoms with Crippen molar-refractivity contribution in [3.8, 4) is 11.5 Å². The van der Waals surface area contributed by atoms with Crippen molar-refractivity contribution in [3.05, 3.63) is 77.9 Å². The van der Waals surface area contributed by atoms with E-state index < -0.39 is 5.66 Å². The normalized spacial score (nSPS) is 18.8. The Morgan fingerprint density at radius 3 is 2.42 bits per heavy atom. The third kappa shape index (κ3) is 2.73. The SMILES string of the molecule is CCOc1ccc(N2C(=O)c3ccccc3N[C@@]23C(=O)Nc2cc(OC)ccc23)cc1. The van der Waals surface area contributed by atoms with Gasteiger partial charge in [-0.25, -0.2) is 0 Å². The van der Waals surface area contributed by atoms with E-state index in [9.17, 15) is 9.59 Å². The van der Waals surface area contributed by atoms with Gasteiger partial charge in [-0.2, -0.15) is 0 Å². The first-order valence-electron chi connectivity index (χ1n) is 10.0. The molecular formula is C24H21N3O4. The molecule has 1 spiro atoms. The molecule has 2 heterocycles. The Kier molecular flexibility index (Phi) is 4.32. The van der Waals surface area contributed by atoms with Crippen LogP contribution in [0, 0.1) is 0 Å². The van der Waals surface area contributed by atoms with Crippen molar-refractivity contribution >= 4 is 28.9 Å². The highest BCUT2D eigenvalue weighted by Gasteiger charge is 2.57. The molecule has 7 heteroatoms. The fourth-order valence-electron chi connectivity index (χ4n) is 4.22. The lowest BCUT2D eigenvalue weighted by Gasteiger charge is -2.44. The minimum Gasteiger partial charge on any atom is -0.497 e. The Labute approximate surface area is 179 Å². The smallest absolute Gasteiger partial charge is 0.276 e. The van der Waals surface area contributed by atoms with E-state index >= 15 is 0 Å². The van der Waals surface area contributed by atoms with Gasteiger partial charge in [0.1, 0.15) is 11.5 Å². The fraction of sp³-hybridized carbons (Fsp3) is 0.167. The summed E-state index contributed by atoms with van der Waals surface area (Å²) < 4.78 is 10.8. The average molecular weight is 415 g/mol. The van der Waals surface area contributed by atoms with Gasteiger partial charge in [-0.3, -0.25) is 14.5 Å². The molecule has 156 valence electrons. The van der Waals surface area contributed by atoms with Crippen LogP contribution in [0.15, 0.2) is 66.7 Å². The number of carbonyl (C=O) groups is 2. The molecular weight excluding hydrogens is 394 g/mol. The van der Waals surface area contributed by atoms with E-state index in [1.807, 2.05) is 19.1 Å². The number of benzene rings is 3. The van der Waals surface area contributed by atoms with E-state index in [1.165, 1.54) is 4.90 Å². The van der Waals surface area contributed by atoms with Crippen molar-refractivity contribution in [2.75, 3.05) is 29.3 Å². The van der Waals surface area contributed by atoms with Crippen molar-refractivity contribution in [2.45, 2.75) is 12.6 Å². The lowest BCUT2D eigenvalue weighted by atomic mass is 9.92. The predicted molar refractivity (Wildman–Crippen MR) is 118 cm³/mol. The summed E-state index contributed by atoms with van der Waals surface area (Å²) in [5.41, 5.74) is 1.50. The number of carbonyl (C=O) groups excluding carboxylic acids is 2. The maximum absolute atomic E-state index is 13.7. The minimum atomic E-state index is -1.43. The third-order valence-electron chi connectivity index (χ3n) is 5.61. The zero-order valence-corrected chi connectivity index (χ0v) is 17.1. The molecule has 7 nitrogen and oxygen atoms in total. The van der Waals surface area contributed by atoms with Gasteiger partial charge in [0.15, 0.2) is 0 Å². The summed E-state index contributed by atoms with van der Waals surface area (Å²) in [4.78, 5) is 28.7. The van der Waals surface area contributed by atoms with Crippen molar-refractivity contribution < 1.29 is 19.1 Å². The zero-order valence-electron chi connectivity index (χ0n) is 17.1. The molecule has 2 N–H and O–H groups in total. The monoisotopic (exact) mass is 415 g/mol. The van der Waals surface area contributed by atoms with Crippen molar-refractivity contribution in [1.82, 2.24) is 0 Å². The van der Waals surface area contributed by atoms with E-state index in [1.54, 1.807) is 61.7 Å². The summed E-state index contributed by atoms with van der Waals surface area (Å²) >= 11 is 0. The van der Waals surface area contributed by atoms with Crippen LogP contribution in [0.3, 0.4) is 0 Å². The Balaban J connectivity index is 1.73. The lowest BCUT2D eigenvalue weighted by Crippen LogP contribution is -2.61. The first-order valence-corrected chi connectivity index (χ1v) is 10.0. The first-order chi connectivity index (χ1) is 15.1. The van der Waals surface area contributed by atoms with E-state index in [0.717, 1.165) is 0 Å². The number of para-hydroxylation sites is 1. The molecule has 0 saturated carbocycles. The number of methoxy groups -OCH3 is 1. The van der Waals surface area contributed by atoms with E-state index in [2.05, 4.69) is 10.6 Å². The number of anilines is 3. The third-order valence-corrected chi connectivity index (χ3v) is 5.61. The molecule has 0 saturated heterocycles. The maximum atomic E-state index is 13.7. The van der Waals surface area contributed by atoms with Gasteiger partial charge in [0.2, 0.25) is 5.66 Å². The molecule has 0 bridgehead atoms. The number of nitrogens with zero attached hydrogens (tertiary/aromatic N) is 1. The highest BCUT2D eigenvalue weighted by molar-refractivity contribution is 6.22. The lowest BCUT2D eigenvalue weighted by molar-refractivity contribution is -0.119. The van der Waals surface area contributed by atoms with Crippen LogP contribution in [-0.2, 0) is 10.5 Å². The van der Waals surface area contributed by atoms with Gasteiger partial charge in [0, 0.05) is 23.0 Å². The predicted octanol–water partition coefficient (Wildman–Crippen LogP) is 3.97. The standard InChI is InChI=1S/C24H21N3O4/c1-3-31-16-10-8-15(9-11-16)27-22(28)18-6-4-5-7-20(18)26-24(27)19-13-12-17(30-2)14-21(19)25-23(24)29/h4-14,26H,3H2,1-2H3,(H,25,29)/t24-/m1/s1. The van der Waals surface area contributed by atoms with Crippen LogP contribution in [0.5, 0.6) is 11.5 Å². The van der Waals surface area contributed by atoms with Crippen LogP contribution < -0.4 is 25.0 Å². The topological polar surface area (TPSA) is 79.9 Å². The summed E-state index contributed by atoms with van der Waals surface area (Å²) in [6, 6.07) is 19.7. The summed E-state index contributed by atoms with van der Waals surface area (Å²) in [5, 5.41) is 6.27. The molecule has 3 aromatic rings. The molecule has 2 aliphatic heterocycles. The maximum Gasteiger partial charge on any atom is 0.276 e. The van der Waals surface area contributed by atoms with Gasteiger partial charge in [0.25, 0.3) is 11.8 Å². The number of amides is 2. The number of nitrogens with one attached hydrogen (secondary N) is 2. The first kappa shape index (κ1) is 19.0. The second-order valence-corrected chi connectivity index (χ2v) is 7.31. The summed E-state index contributed by atoms with van der Waals surface area (Å²) in [5.74, 6) is 0.704. The van der Waals surface area contributed by atoms with Crippen LogP contribution in [0.4, 0.5) is 17.1 Å². The molecule has 0 unspecified atom stereocenters. The number of hydrogen-bond donors (Lipinski definition) is 2. The van der Waals surface area contributed by atoms with Crippen LogP contribution in [0.1, 0.15) is 22.8 Å². The van der Waals surface area contributed by atoms with E-state index in [4.69, 9.17) is 9.47 Å². The highest BCUT2D eigenvalue weighted by Crippen LogP contribution is 2.48. The summed E-state index contributed by atoms with van der Waals surface area (Å²) in [7, 11) is 1.57. The molecule has 0 aromatic heterocycles. The molecule has 5 rings (SSSR count). The van der Waals surface area contributed by atoms with Crippen LogP contribution in [0.25, 0.3) is 0 Å². The minimum absolute atomic E-state index is 0.266. The van der Waals surface area contributed by atoms with Crippen LogP contribution >= 0.6 is 0 Å². The van der Waals surface area contributed by atoms with Gasteiger partial charge < -0.3 is 20.1 Å². The van der Waals surface area contributed by atoms with Crippen molar-refractivity contribution in [3.63, 3.8) is 0 Å². The quantitative estimate of drug-likeness (QED) is 0.674. The Bertz CT molecular complexity index is 1190. The van der Waals surface area contributed by atoms with Crippen molar-refractivity contribution in [1.29, 1.82) is 0 Å². The Hall–Kier alpha value is -4.00. The molecule has 0 aliphatic carbocycles. The number of ether oxygens (including phenoxy) is 2. The average Bonchev–Trinajstić information content (AvgIpc) is 3.05. The van der Waals surface area contributed by atoms with Gasteiger partial charge in [-0.05, 0) is 55.5 Å². The number of fused-ring (bicyclic) bond motifs is 3. The van der Waals surface area contributed by atoms with Crippen LogP contribution in [0.2, 0.25) is 0 Å². The Morgan fingerprint density at radius 2 is 1.68 bits per heavy atom. The molecule has 3 aromatic carbocycles. The second-order valence-electron chi connectivity index (χ2n) is 7.31. The molecule has 1 atom stereocenters. The molecule has 2 amide bonds. The van der Waals surface area contributed by atoms with Gasteiger partial charge in [-0.15, -0.1) is 0 Å². The van der Waals surface area contributed by atoms with Crippen molar-refractivity contribution in [2.24, 2.45) is 0 Å². The molecule has 2 aliphatic rings. The van der Waals surface area contributed by atoms with Gasteiger partial charge in [-0.1, -0.05) is 12.1 Å². The summed E-state index contributed by atoms with van der Waals surface area (Å²) in [6.45, 7) is 2.45. The summed E-state index contributed by atoms with van der Waals surface area (Å²) in [6.07, 6.45) is 0. The molecule has 31 heavy (non-hydrogen) atoms. The molecule has 0 fully saturated rings. The van der Waals surface area contributed by atoms with Gasteiger partial charge in [0.05, 0.1) is 25.0 Å². The Morgan fingerprint density at radius 1 is 0.935 bits per heavy atom. The fourth-order valence-corrected chi connectivity index (χ4v) is 4.22. The van der Waals surface area contributed by atoms with Crippen LogP contribution in [-0.4, -0.2) is 25.5 Å². The zero-order chi connectivity index (χ0) is 21.6. The largest absolute Gasteiger partial charge is 0.497 e. The number of hydrogen-bond acceptors (Lipinski definition) is 5. The molecule has 0 radical (unpaired) electrons. The van der Waals surface area contributed by atoms with E-state index in [-0.39, 0.29) is 11.8 Å². The highest BCUT2D eigenvalue weighted by atomic mass is 16.5.